The molecule has 0 aliphatic rings. The molecule has 0 spiro atoms. The average Bonchev–Trinajstić information content (AvgIpc) is 2.38. The van der Waals surface area contributed by atoms with Crippen LogP contribution in [0.4, 0.5) is 5.69 Å². The van der Waals surface area contributed by atoms with E-state index in [1.54, 1.807) is 12.1 Å². The van der Waals surface area contributed by atoms with E-state index in [0.29, 0.717) is 5.69 Å². The van der Waals surface area contributed by atoms with Crippen molar-refractivity contribution in [3.05, 3.63) is 24.3 Å². The lowest BCUT2D eigenvalue weighted by Crippen LogP contribution is -2.38. The average molecular weight is 313 g/mol. The summed E-state index contributed by atoms with van der Waals surface area (Å²) < 4.78 is 25.4. The van der Waals surface area contributed by atoms with Gasteiger partial charge in [0, 0.05) is 18.2 Å². The zero-order chi connectivity index (χ0) is 16.3. The molecule has 6 nitrogen and oxygen atoms in total. The van der Waals surface area contributed by atoms with E-state index in [-0.39, 0.29) is 28.7 Å². The molecule has 1 aromatic carbocycles. The minimum atomic E-state index is -3.46. The minimum absolute atomic E-state index is 0.148. The zero-order valence-corrected chi connectivity index (χ0v) is 13.6. The van der Waals surface area contributed by atoms with Gasteiger partial charge in [0.15, 0.2) is 0 Å². The van der Waals surface area contributed by atoms with Gasteiger partial charge in [0.05, 0.1) is 4.90 Å². The quantitative estimate of drug-likeness (QED) is 0.762. The van der Waals surface area contributed by atoms with Crippen LogP contribution in [0.1, 0.15) is 27.2 Å². The van der Waals surface area contributed by atoms with Gasteiger partial charge in [-0.05, 0) is 36.7 Å². The van der Waals surface area contributed by atoms with Gasteiger partial charge in [-0.1, -0.05) is 20.8 Å². The van der Waals surface area contributed by atoms with E-state index in [4.69, 9.17) is 5.73 Å². The highest BCUT2D eigenvalue weighted by molar-refractivity contribution is 7.89. The smallest absolute Gasteiger partial charge is 0.240 e. The molecule has 0 bridgehead atoms. The van der Waals surface area contributed by atoms with Crippen LogP contribution in [0.5, 0.6) is 0 Å². The van der Waals surface area contributed by atoms with Gasteiger partial charge in [0.1, 0.15) is 0 Å². The van der Waals surface area contributed by atoms with Crippen molar-refractivity contribution in [3.63, 3.8) is 0 Å². The van der Waals surface area contributed by atoms with Gasteiger partial charge in [0.2, 0.25) is 15.9 Å². The molecule has 0 aromatic heterocycles. The molecule has 4 N–H and O–H groups in total. The lowest BCUT2D eigenvalue weighted by atomic mass is 9.85. The number of nitrogens with two attached hydrogens (primary N) is 1. The Labute approximate surface area is 126 Å². The summed E-state index contributed by atoms with van der Waals surface area (Å²) in [4.78, 5) is 12.0. The Morgan fingerprint density at radius 3 is 2.19 bits per heavy atom. The van der Waals surface area contributed by atoms with Crippen LogP contribution in [-0.2, 0) is 14.8 Å². The van der Waals surface area contributed by atoms with Crippen molar-refractivity contribution < 1.29 is 13.2 Å². The van der Waals surface area contributed by atoms with Crippen LogP contribution in [-0.4, -0.2) is 27.4 Å². The normalized spacial score (nSPS) is 13.8. The van der Waals surface area contributed by atoms with E-state index in [1.165, 1.54) is 19.2 Å². The predicted molar refractivity (Wildman–Crippen MR) is 83.4 cm³/mol. The Bertz CT molecular complexity index is 589. The van der Waals surface area contributed by atoms with Gasteiger partial charge in [-0.2, -0.15) is 0 Å². The zero-order valence-electron chi connectivity index (χ0n) is 12.8. The van der Waals surface area contributed by atoms with E-state index < -0.39 is 10.0 Å². The van der Waals surface area contributed by atoms with Gasteiger partial charge >= 0.3 is 0 Å². The number of amides is 1. The number of sulfonamides is 1. The molecule has 0 aliphatic heterocycles. The van der Waals surface area contributed by atoms with E-state index >= 15 is 0 Å². The molecule has 0 fully saturated rings. The lowest BCUT2D eigenvalue weighted by molar-refractivity contribution is -0.117. The van der Waals surface area contributed by atoms with Crippen molar-refractivity contribution >= 4 is 21.6 Å². The van der Waals surface area contributed by atoms with Crippen molar-refractivity contribution in [2.75, 3.05) is 12.4 Å². The Hall–Kier alpha value is -1.44. The standard InChI is InChI=1S/C14H23N3O3S/c1-14(2,3)12(15)9-13(18)17-10-5-7-11(8-6-10)21(19,20)16-4/h5-8,12,16H,9,15H2,1-4H3,(H,17,18). The van der Waals surface area contributed by atoms with Crippen molar-refractivity contribution in [1.29, 1.82) is 0 Å². The number of rotatable bonds is 5. The molecular formula is C14H23N3O3S. The third-order valence-corrected chi connectivity index (χ3v) is 4.67. The highest BCUT2D eigenvalue weighted by Gasteiger charge is 2.23. The Kier molecular flexibility index (Phi) is 5.49. The fourth-order valence-corrected chi connectivity index (χ4v) is 2.28. The van der Waals surface area contributed by atoms with Crippen LogP contribution in [0.3, 0.4) is 0 Å². The van der Waals surface area contributed by atoms with Gasteiger partial charge in [-0.3, -0.25) is 4.79 Å². The van der Waals surface area contributed by atoms with Crippen LogP contribution in [0.2, 0.25) is 0 Å². The number of carbonyl (C=O) groups excluding carboxylic acids is 1. The molecule has 21 heavy (non-hydrogen) atoms. The number of carbonyl (C=O) groups is 1. The topological polar surface area (TPSA) is 101 Å². The molecule has 118 valence electrons. The first-order valence-electron chi connectivity index (χ1n) is 6.65. The van der Waals surface area contributed by atoms with Gasteiger partial charge in [-0.25, -0.2) is 13.1 Å². The maximum absolute atomic E-state index is 11.9. The van der Waals surface area contributed by atoms with E-state index in [0.717, 1.165) is 0 Å². The molecule has 7 heteroatoms. The third-order valence-electron chi connectivity index (χ3n) is 3.23. The monoisotopic (exact) mass is 313 g/mol. The third kappa shape index (κ3) is 5.11. The molecule has 1 amide bonds. The molecule has 0 saturated heterocycles. The first-order valence-corrected chi connectivity index (χ1v) is 8.13. The summed E-state index contributed by atoms with van der Waals surface area (Å²) in [5, 5.41) is 2.71. The van der Waals surface area contributed by atoms with Gasteiger partial charge < -0.3 is 11.1 Å². The van der Waals surface area contributed by atoms with E-state index in [9.17, 15) is 13.2 Å². The highest BCUT2D eigenvalue weighted by atomic mass is 32.2. The fourth-order valence-electron chi connectivity index (χ4n) is 1.55. The molecule has 1 rings (SSSR count). The summed E-state index contributed by atoms with van der Waals surface area (Å²) in [6.45, 7) is 5.92. The van der Waals surface area contributed by atoms with Crippen LogP contribution in [0.15, 0.2) is 29.2 Å². The Morgan fingerprint density at radius 1 is 1.24 bits per heavy atom. The first kappa shape index (κ1) is 17.6. The number of nitrogens with one attached hydrogen (secondary N) is 2. The Balaban J connectivity index is 2.71. The number of hydrogen-bond donors (Lipinski definition) is 3. The van der Waals surface area contributed by atoms with Crippen LogP contribution in [0.25, 0.3) is 0 Å². The molecule has 1 aromatic rings. The molecule has 0 heterocycles. The summed E-state index contributed by atoms with van der Waals surface area (Å²) >= 11 is 0. The van der Waals surface area contributed by atoms with Gasteiger partial charge in [-0.15, -0.1) is 0 Å². The first-order chi connectivity index (χ1) is 9.56. The summed E-state index contributed by atoms with van der Waals surface area (Å²) in [5.41, 5.74) is 6.34. The van der Waals surface area contributed by atoms with Crippen molar-refractivity contribution in [3.8, 4) is 0 Å². The number of benzene rings is 1. The minimum Gasteiger partial charge on any atom is -0.327 e. The second-order valence-corrected chi connectivity index (χ2v) is 7.84. The molecular weight excluding hydrogens is 290 g/mol. The van der Waals surface area contributed by atoms with Crippen molar-refractivity contribution in [2.45, 2.75) is 38.1 Å². The molecule has 0 aliphatic carbocycles. The predicted octanol–water partition coefficient (Wildman–Crippen LogP) is 1.30. The fraction of sp³-hybridized carbons (Fsp3) is 0.500. The van der Waals surface area contributed by atoms with E-state index in [2.05, 4.69) is 10.0 Å². The molecule has 1 atom stereocenters. The maximum Gasteiger partial charge on any atom is 0.240 e. The SMILES string of the molecule is CNS(=O)(=O)c1ccc(NC(=O)CC(N)C(C)(C)C)cc1. The lowest BCUT2D eigenvalue weighted by Gasteiger charge is -2.26. The van der Waals surface area contributed by atoms with Crippen LogP contribution >= 0.6 is 0 Å². The molecule has 1 unspecified atom stereocenters. The number of hydrogen-bond acceptors (Lipinski definition) is 4. The summed E-state index contributed by atoms with van der Waals surface area (Å²) in [5.74, 6) is -0.193. The molecule has 0 saturated carbocycles. The highest BCUT2D eigenvalue weighted by Crippen LogP contribution is 2.20. The van der Waals surface area contributed by atoms with Crippen LogP contribution < -0.4 is 15.8 Å². The summed E-state index contributed by atoms with van der Waals surface area (Å²) in [6, 6.07) is 5.72. The summed E-state index contributed by atoms with van der Waals surface area (Å²) in [6.07, 6.45) is 0.208. The second-order valence-electron chi connectivity index (χ2n) is 5.96. The second kappa shape index (κ2) is 6.55. The van der Waals surface area contributed by atoms with Crippen molar-refractivity contribution in [2.24, 2.45) is 11.1 Å². The summed E-state index contributed by atoms with van der Waals surface area (Å²) in [7, 11) is -2.12. The van der Waals surface area contributed by atoms with Gasteiger partial charge in [0.25, 0.3) is 0 Å². The number of anilines is 1. The Morgan fingerprint density at radius 2 is 1.76 bits per heavy atom. The molecule has 0 radical (unpaired) electrons. The van der Waals surface area contributed by atoms with E-state index in [1.807, 2.05) is 20.8 Å². The largest absolute Gasteiger partial charge is 0.327 e. The van der Waals surface area contributed by atoms with Crippen molar-refractivity contribution in [1.82, 2.24) is 4.72 Å². The maximum atomic E-state index is 11.9. The van der Waals surface area contributed by atoms with Crippen LogP contribution in [0, 0.1) is 5.41 Å².